The Bertz CT molecular complexity index is 598. The van der Waals surface area contributed by atoms with Gasteiger partial charge in [0.25, 0.3) is 5.91 Å². The topological polar surface area (TPSA) is 95.9 Å². The third-order valence-electron chi connectivity index (χ3n) is 3.86. The summed E-state index contributed by atoms with van der Waals surface area (Å²) < 4.78 is 5.04. The van der Waals surface area contributed by atoms with Gasteiger partial charge in [0.05, 0.1) is 7.11 Å². The number of ether oxygens (including phenoxy) is 1. The highest BCUT2D eigenvalue weighted by molar-refractivity contribution is 5.98. The molecule has 24 heavy (non-hydrogen) atoms. The molecule has 0 bridgehead atoms. The van der Waals surface area contributed by atoms with E-state index in [1.54, 1.807) is 38.1 Å². The second-order valence-corrected chi connectivity index (χ2v) is 5.89. The Kier molecular flexibility index (Phi) is 6.76. The average Bonchev–Trinajstić information content (AvgIpc) is 2.57. The lowest BCUT2D eigenvalue weighted by molar-refractivity contribution is -0.149. The zero-order valence-corrected chi connectivity index (χ0v) is 14.6. The van der Waals surface area contributed by atoms with E-state index in [4.69, 9.17) is 9.84 Å². The van der Waals surface area contributed by atoms with Crippen molar-refractivity contribution in [2.24, 2.45) is 5.92 Å². The first-order valence-electron chi connectivity index (χ1n) is 7.63. The lowest BCUT2D eigenvalue weighted by Crippen LogP contribution is -2.53. The van der Waals surface area contributed by atoms with Crippen LogP contribution in [0.1, 0.15) is 31.1 Å². The first kappa shape index (κ1) is 19.5. The van der Waals surface area contributed by atoms with Gasteiger partial charge in [0, 0.05) is 12.6 Å². The molecule has 132 valence electrons. The maximum absolute atomic E-state index is 12.5. The van der Waals surface area contributed by atoms with E-state index in [1.165, 1.54) is 21.1 Å². The molecule has 0 saturated carbocycles. The van der Waals surface area contributed by atoms with Crippen molar-refractivity contribution in [1.82, 2.24) is 10.2 Å². The summed E-state index contributed by atoms with van der Waals surface area (Å²) in [5.41, 5.74) is 0.392. The lowest BCUT2D eigenvalue weighted by atomic mass is 10.0. The fourth-order valence-electron chi connectivity index (χ4n) is 2.06. The van der Waals surface area contributed by atoms with E-state index in [0.717, 1.165) is 4.90 Å². The lowest BCUT2D eigenvalue weighted by Gasteiger charge is -2.29. The largest absolute Gasteiger partial charge is 0.497 e. The summed E-state index contributed by atoms with van der Waals surface area (Å²) in [4.78, 5) is 37.1. The van der Waals surface area contributed by atoms with Gasteiger partial charge in [-0.15, -0.1) is 0 Å². The minimum absolute atomic E-state index is 0.192. The van der Waals surface area contributed by atoms with E-state index in [9.17, 15) is 14.4 Å². The summed E-state index contributed by atoms with van der Waals surface area (Å²) in [6.07, 6.45) is 0. The van der Waals surface area contributed by atoms with Gasteiger partial charge in [-0.05, 0) is 37.1 Å². The minimum atomic E-state index is -1.10. The molecule has 2 N–H and O–H groups in total. The molecule has 7 heteroatoms. The molecular formula is C17H24N2O5. The molecule has 0 aromatic heterocycles. The van der Waals surface area contributed by atoms with Gasteiger partial charge >= 0.3 is 5.97 Å². The number of rotatable bonds is 7. The van der Waals surface area contributed by atoms with E-state index in [-0.39, 0.29) is 5.92 Å². The molecule has 2 amide bonds. The van der Waals surface area contributed by atoms with Gasteiger partial charge in [0.2, 0.25) is 5.91 Å². The first-order valence-corrected chi connectivity index (χ1v) is 7.63. The predicted molar refractivity (Wildman–Crippen MR) is 89.0 cm³/mol. The molecule has 0 aliphatic rings. The van der Waals surface area contributed by atoms with Crippen molar-refractivity contribution in [3.8, 4) is 5.75 Å². The number of nitrogens with one attached hydrogen (secondary N) is 1. The number of carbonyl (C=O) groups is 3. The van der Waals surface area contributed by atoms with Gasteiger partial charge in [-0.25, -0.2) is 4.79 Å². The summed E-state index contributed by atoms with van der Waals surface area (Å²) in [5, 5.41) is 11.7. The molecule has 0 fully saturated rings. The maximum atomic E-state index is 12.5. The Morgan fingerprint density at radius 1 is 1.12 bits per heavy atom. The molecule has 0 heterocycles. The maximum Gasteiger partial charge on any atom is 0.326 e. The molecule has 1 rings (SSSR count). The Balaban J connectivity index is 2.90. The third kappa shape index (κ3) is 4.71. The van der Waals surface area contributed by atoms with Gasteiger partial charge in [-0.3, -0.25) is 9.59 Å². The molecule has 2 atom stereocenters. The molecule has 7 nitrogen and oxygen atoms in total. The number of amides is 2. The molecule has 0 aliphatic heterocycles. The number of carbonyl (C=O) groups excluding carboxylic acids is 2. The van der Waals surface area contributed by atoms with Crippen LogP contribution in [0.15, 0.2) is 24.3 Å². The number of aliphatic carboxylic acids is 1. The number of carboxylic acid groups (broad SMARTS) is 1. The van der Waals surface area contributed by atoms with Crippen LogP contribution < -0.4 is 10.1 Å². The summed E-state index contributed by atoms with van der Waals surface area (Å²) in [6, 6.07) is 4.71. The molecule has 1 aromatic carbocycles. The number of hydrogen-bond acceptors (Lipinski definition) is 4. The highest BCUT2D eigenvalue weighted by Crippen LogP contribution is 2.13. The van der Waals surface area contributed by atoms with E-state index in [1.807, 2.05) is 0 Å². The predicted octanol–water partition coefficient (Wildman–Crippen LogP) is 1.38. The van der Waals surface area contributed by atoms with Gasteiger partial charge in [0.15, 0.2) is 0 Å². The highest BCUT2D eigenvalue weighted by Gasteiger charge is 2.31. The van der Waals surface area contributed by atoms with Crippen LogP contribution in [-0.2, 0) is 9.59 Å². The van der Waals surface area contributed by atoms with Crippen LogP contribution in [-0.4, -0.2) is 54.0 Å². The molecule has 0 saturated heterocycles. The molecule has 0 spiro atoms. The van der Waals surface area contributed by atoms with Crippen molar-refractivity contribution >= 4 is 17.8 Å². The smallest absolute Gasteiger partial charge is 0.326 e. The number of benzene rings is 1. The van der Waals surface area contributed by atoms with Gasteiger partial charge in [-0.2, -0.15) is 0 Å². The van der Waals surface area contributed by atoms with Gasteiger partial charge < -0.3 is 20.1 Å². The van der Waals surface area contributed by atoms with Crippen LogP contribution in [0.3, 0.4) is 0 Å². The van der Waals surface area contributed by atoms with Crippen molar-refractivity contribution < 1.29 is 24.2 Å². The first-order chi connectivity index (χ1) is 11.2. The molecule has 2 unspecified atom stereocenters. The highest BCUT2D eigenvalue weighted by atomic mass is 16.5. The van der Waals surface area contributed by atoms with Crippen LogP contribution in [0.4, 0.5) is 0 Å². The Hall–Kier alpha value is -2.57. The third-order valence-corrected chi connectivity index (χ3v) is 3.86. The van der Waals surface area contributed by atoms with Gasteiger partial charge in [-0.1, -0.05) is 13.8 Å². The van der Waals surface area contributed by atoms with E-state index >= 15 is 0 Å². The fourth-order valence-corrected chi connectivity index (χ4v) is 2.06. The van der Waals surface area contributed by atoms with E-state index in [2.05, 4.69) is 5.32 Å². The van der Waals surface area contributed by atoms with Gasteiger partial charge in [0.1, 0.15) is 17.8 Å². The summed E-state index contributed by atoms with van der Waals surface area (Å²) in [5.74, 6) is -1.51. The Morgan fingerprint density at radius 3 is 2.08 bits per heavy atom. The monoisotopic (exact) mass is 336 g/mol. The van der Waals surface area contributed by atoms with Crippen LogP contribution in [0.2, 0.25) is 0 Å². The van der Waals surface area contributed by atoms with Crippen LogP contribution >= 0.6 is 0 Å². The van der Waals surface area contributed by atoms with Crippen LogP contribution in [0.5, 0.6) is 5.75 Å². The van der Waals surface area contributed by atoms with Crippen LogP contribution in [0, 0.1) is 5.92 Å². The van der Waals surface area contributed by atoms with E-state index in [0.29, 0.717) is 11.3 Å². The standard InChI is InChI=1S/C17H24N2O5/c1-10(2)14(16(21)19(4)11(3)17(22)23)18-15(20)12-6-8-13(24-5)9-7-12/h6-11,14H,1-5H3,(H,18,20)(H,22,23). The SMILES string of the molecule is COc1ccc(C(=O)NC(C(=O)N(C)C(C)C(=O)O)C(C)C)cc1. The van der Waals surface area contributed by atoms with Crippen molar-refractivity contribution in [2.75, 3.05) is 14.2 Å². The quantitative estimate of drug-likeness (QED) is 0.784. The van der Waals surface area contributed by atoms with Crippen LogP contribution in [0.25, 0.3) is 0 Å². The van der Waals surface area contributed by atoms with E-state index < -0.39 is 29.9 Å². The minimum Gasteiger partial charge on any atom is -0.497 e. The number of nitrogens with zero attached hydrogens (tertiary/aromatic N) is 1. The molecule has 0 aliphatic carbocycles. The molecule has 1 aromatic rings. The number of hydrogen-bond donors (Lipinski definition) is 2. The molecular weight excluding hydrogens is 312 g/mol. The number of likely N-dealkylation sites (N-methyl/N-ethyl adjacent to an activating group) is 1. The summed E-state index contributed by atoms with van der Waals surface area (Å²) in [6.45, 7) is 5.00. The second kappa shape index (κ2) is 8.33. The normalized spacial score (nSPS) is 13.1. The molecule has 0 radical (unpaired) electrons. The van der Waals surface area contributed by atoms with Crippen molar-refractivity contribution in [3.05, 3.63) is 29.8 Å². The summed E-state index contributed by atoms with van der Waals surface area (Å²) >= 11 is 0. The summed E-state index contributed by atoms with van der Waals surface area (Å²) in [7, 11) is 2.94. The van der Waals surface area contributed by atoms with Crippen molar-refractivity contribution in [3.63, 3.8) is 0 Å². The Morgan fingerprint density at radius 2 is 1.67 bits per heavy atom. The fraction of sp³-hybridized carbons (Fsp3) is 0.471. The zero-order chi connectivity index (χ0) is 18.4. The number of methoxy groups -OCH3 is 1. The van der Waals surface area contributed by atoms with Crippen molar-refractivity contribution in [1.29, 1.82) is 0 Å². The zero-order valence-electron chi connectivity index (χ0n) is 14.6. The van der Waals surface area contributed by atoms with Crippen molar-refractivity contribution in [2.45, 2.75) is 32.9 Å². The second-order valence-electron chi connectivity index (χ2n) is 5.89. The average molecular weight is 336 g/mol. The number of carboxylic acids is 1. The Labute approximate surface area is 141 Å².